The molecule has 1 rings (SSSR count). The summed E-state index contributed by atoms with van der Waals surface area (Å²) in [5.74, 6) is -0.699. The van der Waals surface area contributed by atoms with Gasteiger partial charge in [0.05, 0.1) is 5.56 Å². The molecule has 0 saturated carbocycles. The van der Waals surface area contributed by atoms with Crippen LogP contribution in [0.2, 0.25) is 0 Å². The van der Waals surface area contributed by atoms with E-state index in [0.717, 1.165) is 18.2 Å². The van der Waals surface area contributed by atoms with Crippen molar-refractivity contribution in [3.63, 3.8) is 0 Å². The van der Waals surface area contributed by atoms with Crippen molar-refractivity contribution in [3.8, 4) is 0 Å². The molecule has 90 valence electrons. The van der Waals surface area contributed by atoms with E-state index in [4.69, 9.17) is 5.73 Å². The zero-order valence-corrected chi connectivity index (χ0v) is 8.81. The van der Waals surface area contributed by atoms with Gasteiger partial charge >= 0.3 is 6.18 Å². The third-order valence-electron chi connectivity index (χ3n) is 2.32. The molecule has 5 heteroatoms. The second-order valence-electron chi connectivity index (χ2n) is 3.62. The lowest BCUT2D eigenvalue weighted by Gasteiger charge is -2.17. The van der Waals surface area contributed by atoms with Crippen LogP contribution in [0, 0.1) is 5.82 Å². The molecule has 0 unspecified atom stereocenters. The Morgan fingerprint density at radius 1 is 1.31 bits per heavy atom. The van der Waals surface area contributed by atoms with Crippen molar-refractivity contribution in [1.82, 2.24) is 0 Å². The first-order valence-electron chi connectivity index (χ1n) is 4.98. The number of halogens is 4. The van der Waals surface area contributed by atoms with Gasteiger partial charge in [-0.25, -0.2) is 4.39 Å². The predicted octanol–water partition coefficient (Wildman–Crippen LogP) is 3.64. The zero-order chi connectivity index (χ0) is 12.3. The maximum atomic E-state index is 12.9. The van der Waals surface area contributed by atoms with Crippen LogP contribution in [0.4, 0.5) is 17.6 Å². The minimum Gasteiger partial charge on any atom is -0.324 e. The Labute approximate surface area is 91.3 Å². The average molecular weight is 235 g/mol. The number of rotatable bonds is 3. The summed E-state index contributed by atoms with van der Waals surface area (Å²) in [7, 11) is 0. The fourth-order valence-electron chi connectivity index (χ4n) is 1.57. The molecule has 0 spiro atoms. The Hall–Kier alpha value is -1.10. The monoisotopic (exact) mass is 235 g/mol. The normalized spacial score (nSPS) is 13.9. The highest BCUT2D eigenvalue weighted by molar-refractivity contribution is 5.32. The lowest BCUT2D eigenvalue weighted by molar-refractivity contribution is -0.138. The van der Waals surface area contributed by atoms with Crippen LogP contribution < -0.4 is 5.73 Å². The van der Waals surface area contributed by atoms with Crippen LogP contribution in [0.15, 0.2) is 18.2 Å². The third-order valence-corrected chi connectivity index (χ3v) is 2.32. The summed E-state index contributed by atoms with van der Waals surface area (Å²) in [6, 6.07) is 1.62. The van der Waals surface area contributed by atoms with Gasteiger partial charge < -0.3 is 5.73 Å². The Balaban J connectivity index is 3.18. The summed E-state index contributed by atoms with van der Waals surface area (Å²) in [5, 5.41) is 0. The summed E-state index contributed by atoms with van der Waals surface area (Å²) in [6.07, 6.45) is -3.45. The lowest BCUT2D eigenvalue weighted by atomic mass is 9.97. The molecular weight excluding hydrogens is 222 g/mol. The molecule has 0 aliphatic rings. The van der Waals surface area contributed by atoms with Gasteiger partial charge in [-0.05, 0) is 30.2 Å². The van der Waals surface area contributed by atoms with Gasteiger partial charge in [0.1, 0.15) is 5.82 Å². The van der Waals surface area contributed by atoms with E-state index in [1.54, 1.807) is 0 Å². The number of benzene rings is 1. The van der Waals surface area contributed by atoms with Crippen molar-refractivity contribution in [2.75, 3.05) is 0 Å². The van der Waals surface area contributed by atoms with Gasteiger partial charge in [0.25, 0.3) is 0 Å². The van der Waals surface area contributed by atoms with Crippen molar-refractivity contribution in [3.05, 3.63) is 35.1 Å². The topological polar surface area (TPSA) is 26.0 Å². The summed E-state index contributed by atoms with van der Waals surface area (Å²) < 4.78 is 50.7. The standard InChI is InChI=1S/C11H13F4N/c1-2-3-10(16)8-6-7(12)4-5-9(8)11(13,14)15/h4-6,10H,2-3,16H2,1H3/t10-/m0/s1. The Kier molecular flexibility index (Phi) is 3.91. The molecule has 16 heavy (non-hydrogen) atoms. The first kappa shape index (κ1) is 13.0. The van der Waals surface area contributed by atoms with Gasteiger partial charge in [-0.1, -0.05) is 13.3 Å². The van der Waals surface area contributed by atoms with Crippen molar-refractivity contribution < 1.29 is 17.6 Å². The van der Waals surface area contributed by atoms with E-state index in [1.807, 2.05) is 6.92 Å². The third kappa shape index (κ3) is 2.95. The van der Waals surface area contributed by atoms with Gasteiger partial charge in [-0.15, -0.1) is 0 Å². The highest BCUT2D eigenvalue weighted by atomic mass is 19.4. The zero-order valence-electron chi connectivity index (χ0n) is 8.81. The molecule has 1 nitrogen and oxygen atoms in total. The van der Waals surface area contributed by atoms with Gasteiger partial charge in [-0.3, -0.25) is 0 Å². The molecule has 1 atom stereocenters. The first-order chi connectivity index (χ1) is 7.36. The molecule has 0 radical (unpaired) electrons. The second-order valence-corrected chi connectivity index (χ2v) is 3.62. The van der Waals surface area contributed by atoms with Gasteiger partial charge in [0, 0.05) is 6.04 Å². The highest BCUT2D eigenvalue weighted by Gasteiger charge is 2.34. The van der Waals surface area contributed by atoms with Gasteiger partial charge in [0.2, 0.25) is 0 Å². The number of hydrogen-bond donors (Lipinski definition) is 1. The Morgan fingerprint density at radius 3 is 2.44 bits per heavy atom. The smallest absolute Gasteiger partial charge is 0.324 e. The van der Waals surface area contributed by atoms with Crippen LogP contribution in [-0.2, 0) is 6.18 Å². The van der Waals surface area contributed by atoms with E-state index in [0.29, 0.717) is 12.8 Å². The molecule has 0 aromatic heterocycles. The lowest BCUT2D eigenvalue weighted by Crippen LogP contribution is -2.17. The largest absolute Gasteiger partial charge is 0.416 e. The summed E-state index contributed by atoms with van der Waals surface area (Å²) in [6.45, 7) is 1.81. The number of hydrogen-bond acceptors (Lipinski definition) is 1. The molecule has 0 aliphatic carbocycles. The van der Waals surface area contributed by atoms with Crippen molar-refractivity contribution in [1.29, 1.82) is 0 Å². The molecule has 0 saturated heterocycles. The molecule has 0 amide bonds. The number of alkyl halides is 3. The molecule has 0 bridgehead atoms. The maximum Gasteiger partial charge on any atom is 0.416 e. The highest BCUT2D eigenvalue weighted by Crippen LogP contribution is 2.35. The van der Waals surface area contributed by atoms with Crippen LogP contribution in [-0.4, -0.2) is 0 Å². The van der Waals surface area contributed by atoms with Gasteiger partial charge in [0.15, 0.2) is 0 Å². The minimum absolute atomic E-state index is 0.172. The summed E-state index contributed by atoms with van der Waals surface area (Å²) >= 11 is 0. The quantitative estimate of drug-likeness (QED) is 0.795. The predicted molar refractivity (Wildman–Crippen MR) is 53.2 cm³/mol. The van der Waals surface area contributed by atoms with E-state index < -0.39 is 23.6 Å². The Morgan fingerprint density at radius 2 is 1.94 bits per heavy atom. The van der Waals surface area contributed by atoms with Crippen LogP contribution in [0.25, 0.3) is 0 Å². The molecule has 0 fully saturated rings. The molecule has 1 aromatic rings. The van der Waals surface area contributed by atoms with Gasteiger partial charge in [-0.2, -0.15) is 13.2 Å². The van der Waals surface area contributed by atoms with Crippen LogP contribution in [0.3, 0.4) is 0 Å². The molecule has 0 heterocycles. The molecule has 2 N–H and O–H groups in total. The van der Waals surface area contributed by atoms with Crippen LogP contribution in [0.1, 0.15) is 36.9 Å². The SMILES string of the molecule is CCC[C@H](N)c1cc(F)ccc1C(F)(F)F. The molecule has 1 aromatic carbocycles. The molecular formula is C11H13F4N. The second kappa shape index (κ2) is 4.82. The van der Waals surface area contributed by atoms with E-state index in [1.165, 1.54) is 0 Å². The van der Waals surface area contributed by atoms with Crippen LogP contribution in [0.5, 0.6) is 0 Å². The fraction of sp³-hybridized carbons (Fsp3) is 0.455. The minimum atomic E-state index is -4.49. The van der Waals surface area contributed by atoms with Crippen LogP contribution >= 0.6 is 0 Å². The molecule has 0 aliphatic heterocycles. The van der Waals surface area contributed by atoms with E-state index in [9.17, 15) is 17.6 Å². The summed E-state index contributed by atoms with van der Waals surface area (Å²) in [5.41, 5.74) is 4.58. The van der Waals surface area contributed by atoms with E-state index in [-0.39, 0.29) is 5.56 Å². The number of nitrogens with two attached hydrogens (primary N) is 1. The van der Waals surface area contributed by atoms with Crippen molar-refractivity contribution >= 4 is 0 Å². The maximum absolute atomic E-state index is 12.9. The summed E-state index contributed by atoms with van der Waals surface area (Å²) in [4.78, 5) is 0. The fourth-order valence-corrected chi connectivity index (χ4v) is 1.57. The van der Waals surface area contributed by atoms with E-state index in [2.05, 4.69) is 0 Å². The Bertz CT molecular complexity index is 359. The van der Waals surface area contributed by atoms with Crippen molar-refractivity contribution in [2.45, 2.75) is 32.0 Å². The average Bonchev–Trinajstić information content (AvgIpc) is 2.16. The first-order valence-corrected chi connectivity index (χ1v) is 4.98. The van der Waals surface area contributed by atoms with Crippen molar-refractivity contribution in [2.24, 2.45) is 5.73 Å². The van der Waals surface area contributed by atoms with E-state index >= 15 is 0 Å².